The third kappa shape index (κ3) is 3.81. The molecule has 3 unspecified atom stereocenters. The fourth-order valence-electron chi connectivity index (χ4n) is 2.44. The third-order valence-corrected chi connectivity index (χ3v) is 5.35. The van der Waals surface area contributed by atoms with Crippen LogP contribution in [-0.2, 0) is 0 Å². The molecule has 3 nitrogen and oxygen atoms in total. The number of rotatable bonds is 4. The molecule has 1 aliphatic carbocycles. The molecule has 0 spiro atoms. The topological polar surface area (TPSA) is 27.6 Å². The van der Waals surface area contributed by atoms with Crippen molar-refractivity contribution in [3.05, 3.63) is 0 Å². The smallest absolute Gasteiger partial charge is 0.193 e. The zero-order valence-corrected chi connectivity index (χ0v) is 12.8. The summed E-state index contributed by atoms with van der Waals surface area (Å²) < 4.78 is 0. The lowest BCUT2D eigenvalue weighted by Gasteiger charge is -2.34. The average Bonchev–Trinajstić information content (AvgIpc) is 3.10. The molecule has 104 valence electrons. The second kappa shape index (κ2) is 6.69. The van der Waals surface area contributed by atoms with Crippen LogP contribution in [-0.4, -0.2) is 48.0 Å². The van der Waals surface area contributed by atoms with Crippen LogP contribution in [0.15, 0.2) is 4.99 Å². The molecule has 0 bridgehead atoms. The molecule has 0 aromatic rings. The van der Waals surface area contributed by atoms with Crippen molar-refractivity contribution >= 4 is 17.7 Å². The van der Waals surface area contributed by atoms with Gasteiger partial charge in [-0.15, -0.1) is 0 Å². The van der Waals surface area contributed by atoms with E-state index in [1.807, 2.05) is 0 Å². The molecule has 1 saturated carbocycles. The summed E-state index contributed by atoms with van der Waals surface area (Å²) in [6.45, 7) is 11.1. The highest BCUT2D eigenvalue weighted by molar-refractivity contribution is 8.00. The Labute approximate surface area is 116 Å². The van der Waals surface area contributed by atoms with Gasteiger partial charge in [0, 0.05) is 37.2 Å². The van der Waals surface area contributed by atoms with Crippen LogP contribution in [0.5, 0.6) is 0 Å². The van der Waals surface area contributed by atoms with Gasteiger partial charge in [0.1, 0.15) is 0 Å². The van der Waals surface area contributed by atoms with E-state index in [2.05, 4.69) is 42.7 Å². The quantitative estimate of drug-likeness (QED) is 0.627. The molecule has 1 aliphatic heterocycles. The molecule has 2 rings (SSSR count). The number of guanidine groups is 1. The van der Waals surface area contributed by atoms with Crippen LogP contribution in [0.25, 0.3) is 0 Å². The van der Waals surface area contributed by atoms with Crippen molar-refractivity contribution in [2.75, 3.05) is 31.9 Å². The fraction of sp³-hybridized carbons (Fsp3) is 0.929. The van der Waals surface area contributed by atoms with E-state index < -0.39 is 0 Å². The summed E-state index contributed by atoms with van der Waals surface area (Å²) in [6, 6.07) is 0. The van der Waals surface area contributed by atoms with Gasteiger partial charge in [-0.25, -0.2) is 0 Å². The maximum atomic E-state index is 4.84. The van der Waals surface area contributed by atoms with Crippen LogP contribution in [0.3, 0.4) is 0 Å². The fourth-order valence-corrected chi connectivity index (χ4v) is 3.62. The van der Waals surface area contributed by atoms with E-state index in [9.17, 15) is 0 Å². The molecule has 1 saturated heterocycles. The highest BCUT2D eigenvalue weighted by Gasteiger charge is 2.32. The molecule has 4 heteroatoms. The van der Waals surface area contributed by atoms with Crippen LogP contribution in [0.2, 0.25) is 0 Å². The molecular formula is C14H27N3S. The number of nitrogens with one attached hydrogen (secondary N) is 1. The minimum absolute atomic E-state index is 0.780. The lowest BCUT2D eigenvalue weighted by molar-refractivity contribution is 0.407. The van der Waals surface area contributed by atoms with E-state index in [0.717, 1.165) is 49.2 Å². The van der Waals surface area contributed by atoms with Crippen molar-refractivity contribution in [2.45, 2.75) is 38.9 Å². The number of hydrogen-bond donors (Lipinski definition) is 1. The van der Waals surface area contributed by atoms with E-state index in [1.54, 1.807) is 0 Å². The van der Waals surface area contributed by atoms with Crippen LogP contribution in [0.4, 0.5) is 0 Å². The molecule has 0 amide bonds. The zero-order chi connectivity index (χ0) is 13.0. The summed E-state index contributed by atoms with van der Waals surface area (Å²) in [5, 5.41) is 4.24. The first-order valence-electron chi connectivity index (χ1n) is 7.39. The van der Waals surface area contributed by atoms with Gasteiger partial charge in [0.25, 0.3) is 0 Å². The Morgan fingerprint density at radius 2 is 2.22 bits per heavy atom. The molecular weight excluding hydrogens is 242 g/mol. The van der Waals surface area contributed by atoms with Gasteiger partial charge in [-0.3, -0.25) is 4.99 Å². The first-order chi connectivity index (χ1) is 8.74. The lowest BCUT2D eigenvalue weighted by atomic mass is 10.3. The first kappa shape index (κ1) is 14.0. The minimum atomic E-state index is 0.780. The van der Waals surface area contributed by atoms with Gasteiger partial charge in [0.15, 0.2) is 5.96 Å². The van der Waals surface area contributed by atoms with Crippen LogP contribution < -0.4 is 5.32 Å². The maximum absolute atomic E-state index is 4.84. The Hall–Kier alpha value is -0.380. The number of nitrogens with zero attached hydrogens (tertiary/aromatic N) is 2. The van der Waals surface area contributed by atoms with Crippen LogP contribution >= 0.6 is 11.8 Å². The Bertz CT molecular complexity index is 293. The van der Waals surface area contributed by atoms with Crippen molar-refractivity contribution in [1.29, 1.82) is 0 Å². The first-order valence-corrected chi connectivity index (χ1v) is 8.44. The molecule has 2 fully saturated rings. The Morgan fingerprint density at radius 3 is 2.83 bits per heavy atom. The zero-order valence-electron chi connectivity index (χ0n) is 12.0. The molecule has 2 aliphatic rings. The standard InChI is InChI=1S/C14H27N3S/c1-4-13-10-17(6-7-18-13)14(15-5-2)16-9-12-8-11(12)3/h11-13H,4-10H2,1-3H3,(H,15,16). The van der Waals surface area contributed by atoms with Crippen molar-refractivity contribution in [3.8, 4) is 0 Å². The number of hydrogen-bond acceptors (Lipinski definition) is 2. The Morgan fingerprint density at radius 1 is 1.44 bits per heavy atom. The second-order valence-electron chi connectivity index (χ2n) is 5.51. The SMILES string of the molecule is CCNC(=NCC1CC1C)N1CCSC(CC)C1. The van der Waals surface area contributed by atoms with Gasteiger partial charge in [0.2, 0.25) is 0 Å². The Balaban J connectivity index is 1.90. The van der Waals surface area contributed by atoms with E-state index in [-0.39, 0.29) is 0 Å². The van der Waals surface area contributed by atoms with Crippen LogP contribution in [0.1, 0.15) is 33.6 Å². The van der Waals surface area contributed by atoms with E-state index >= 15 is 0 Å². The summed E-state index contributed by atoms with van der Waals surface area (Å²) in [5.74, 6) is 4.13. The summed E-state index contributed by atoms with van der Waals surface area (Å²) in [4.78, 5) is 7.30. The lowest BCUT2D eigenvalue weighted by Crippen LogP contribution is -2.48. The number of aliphatic imine (C=N–C) groups is 1. The monoisotopic (exact) mass is 269 g/mol. The van der Waals surface area contributed by atoms with Gasteiger partial charge in [0.05, 0.1) is 0 Å². The highest BCUT2D eigenvalue weighted by Crippen LogP contribution is 2.37. The van der Waals surface area contributed by atoms with Crippen molar-refractivity contribution in [1.82, 2.24) is 10.2 Å². The van der Waals surface area contributed by atoms with Crippen molar-refractivity contribution < 1.29 is 0 Å². The minimum Gasteiger partial charge on any atom is -0.357 e. The summed E-state index contributed by atoms with van der Waals surface area (Å²) >= 11 is 2.12. The van der Waals surface area contributed by atoms with E-state index in [1.165, 1.54) is 18.6 Å². The predicted octanol–water partition coefficient (Wildman–Crippen LogP) is 2.44. The summed E-state index contributed by atoms with van der Waals surface area (Å²) in [7, 11) is 0. The van der Waals surface area contributed by atoms with E-state index in [4.69, 9.17) is 4.99 Å². The van der Waals surface area contributed by atoms with Gasteiger partial charge < -0.3 is 10.2 Å². The molecule has 1 heterocycles. The molecule has 18 heavy (non-hydrogen) atoms. The maximum Gasteiger partial charge on any atom is 0.193 e. The third-order valence-electron chi connectivity index (χ3n) is 3.98. The van der Waals surface area contributed by atoms with Crippen LogP contribution in [0, 0.1) is 11.8 Å². The second-order valence-corrected chi connectivity index (χ2v) is 6.92. The van der Waals surface area contributed by atoms with Crippen molar-refractivity contribution in [3.63, 3.8) is 0 Å². The normalized spacial score (nSPS) is 32.5. The molecule has 3 atom stereocenters. The van der Waals surface area contributed by atoms with Gasteiger partial charge in [-0.1, -0.05) is 13.8 Å². The van der Waals surface area contributed by atoms with Gasteiger partial charge in [-0.2, -0.15) is 11.8 Å². The Kier molecular flexibility index (Phi) is 5.22. The predicted molar refractivity (Wildman–Crippen MR) is 81.4 cm³/mol. The number of thioether (sulfide) groups is 1. The van der Waals surface area contributed by atoms with Gasteiger partial charge >= 0.3 is 0 Å². The molecule has 0 aromatic heterocycles. The summed E-state index contributed by atoms with van der Waals surface area (Å²) in [5.41, 5.74) is 0. The largest absolute Gasteiger partial charge is 0.357 e. The highest BCUT2D eigenvalue weighted by atomic mass is 32.2. The molecule has 0 radical (unpaired) electrons. The van der Waals surface area contributed by atoms with Gasteiger partial charge in [-0.05, 0) is 31.6 Å². The average molecular weight is 269 g/mol. The molecule has 0 aromatic carbocycles. The summed E-state index contributed by atoms with van der Waals surface area (Å²) in [6.07, 6.45) is 2.64. The molecule has 1 N–H and O–H groups in total. The van der Waals surface area contributed by atoms with E-state index in [0.29, 0.717) is 0 Å². The van der Waals surface area contributed by atoms with Crippen molar-refractivity contribution in [2.24, 2.45) is 16.8 Å².